The molecular formula is C11H19N5O2. The predicted molar refractivity (Wildman–Crippen MR) is 64.5 cm³/mol. The lowest BCUT2D eigenvalue weighted by atomic mass is 9.90. The molecule has 2 heterocycles. The molecule has 1 amide bonds. The van der Waals surface area contributed by atoms with Gasteiger partial charge in [-0.15, -0.1) is 10.2 Å². The van der Waals surface area contributed by atoms with Gasteiger partial charge in [0.1, 0.15) is 6.33 Å². The minimum Gasteiger partial charge on any atom is -0.381 e. The SMILES string of the molecule is CCn1cnnc1CNC(=O)C1(N)CCOCC1. The van der Waals surface area contributed by atoms with Gasteiger partial charge in [-0.2, -0.15) is 0 Å². The van der Waals surface area contributed by atoms with Gasteiger partial charge >= 0.3 is 0 Å². The number of aryl methyl sites for hydroxylation is 1. The van der Waals surface area contributed by atoms with Crippen LogP contribution >= 0.6 is 0 Å². The lowest BCUT2D eigenvalue weighted by Crippen LogP contribution is -2.56. The van der Waals surface area contributed by atoms with Crippen molar-refractivity contribution < 1.29 is 9.53 Å². The molecule has 0 bridgehead atoms. The van der Waals surface area contributed by atoms with Gasteiger partial charge in [0.2, 0.25) is 5.91 Å². The summed E-state index contributed by atoms with van der Waals surface area (Å²) in [6.07, 6.45) is 2.76. The predicted octanol–water partition coefficient (Wildman–Crippen LogP) is -0.578. The molecule has 1 aromatic heterocycles. The van der Waals surface area contributed by atoms with Crippen LogP contribution in [0.3, 0.4) is 0 Å². The number of nitrogens with zero attached hydrogens (tertiary/aromatic N) is 3. The Kier molecular flexibility index (Phi) is 3.93. The van der Waals surface area contributed by atoms with Gasteiger partial charge < -0.3 is 20.4 Å². The molecule has 1 aliphatic heterocycles. The quantitative estimate of drug-likeness (QED) is 0.748. The molecular weight excluding hydrogens is 234 g/mol. The Balaban J connectivity index is 1.91. The van der Waals surface area contributed by atoms with E-state index in [2.05, 4.69) is 15.5 Å². The highest BCUT2D eigenvalue weighted by atomic mass is 16.5. The number of amides is 1. The number of hydrogen-bond donors (Lipinski definition) is 2. The molecule has 0 unspecified atom stereocenters. The average molecular weight is 253 g/mol. The number of nitrogens with two attached hydrogens (primary N) is 1. The molecule has 0 saturated carbocycles. The second kappa shape index (κ2) is 5.45. The summed E-state index contributed by atoms with van der Waals surface area (Å²) in [7, 11) is 0. The largest absolute Gasteiger partial charge is 0.381 e. The summed E-state index contributed by atoms with van der Waals surface area (Å²) >= 11 is 0. The number of rotatable bonds is 4. The van der Waals surface area contributed by atoms with Crippen LogP contribution in [0.25, 0.3) is 0 Å². The van der Waals surface area contributed by atoms with Crippen LogP contribution in [0.15, 0.2) is 6.33 Å². The first-order valence-electron chi connectivity index (χ1n) is 6.17. The van der Waals surface area contributed by atoms with Gasteiger partial charge in [-0.3, -0.25) is 4.79 Å². The molecule has 2 rings (SSSR count). The van der Waals surface area contributed by atoms with Crippen molar-refractivity contribution in [2.24, 2.45) is 5.73 Å². The second-order valence-corrected chi connectivity index (χ2v) is 4.48. The first-order chi connectivity index (χ1) is 8.65. The fourth-order valence-electron chi connectivity index (χ4n) is 1.98. The van der Waals surface area contributed by atoms with Crippen LogP contribution in [-0.4, -0.2) is 39.4 Å². The van der Waals surface area contributed by atoms with Gasteiger partial charge in [0.25, 0.3) is 0 Å². The van der Waals surface area contributed by atoms with Crippen molar-refractivity contribution in [3.63, 3.8) is 0 Å². The molecule has 3 N–H and O–H groups in total. The Morgan fingerprint density at radius 2 is 2.33 bits per heavy atom. The molecule has 1 saturated heterocycles. The van der Waals surface area contributed by atoms with Crippen LogP contribution in [0.1, 0.15) is 25.6 Å². The molecule has 7 nitrogen and oxygen atoms in total. The van der Waals surface area contributed by atoms with E-state index in [9.17, 15) is 4.79 Å². The Hall–Kier alpha value is -1.47. The van der Waals surface area contributed by atoms with E-state index >= 15 is 0 Å². The Morgan fingerprint density at radius 3 is 3.00 bits per heavy atom. The zero-order chi connectivity index (χ0) is 13.0. The Bertz CT molecular complexity index is 411. The Labute approximate surface area is 106 Å². The number of carbonyl (C=O) groups is 1. The normalized spacial score (nSPS) is 18.6. The van der Waals surface area contributed by atoms with Gasteiger partial charge in [0.15, 0.2) is 5.82 Å². The topological polar surface area (TPSA) is 95.1 Å². The van der Waals surface area contributed by atoms with Crippen molar-refractivity contribution in [1.29, 1.82) is 0 Å². The molecule has 1 aromatic rings. The van der Waals surface area contributed by atoms with Crippen LogP contribution in [-0.2, 0) is 22.6 Å². The molecule has 0 spiro atoms. The maximum Gasteiger partial charge on any atom is 0.240 e. The lowest BCUT2D eigenvalue weighted by molar-refractivity contribution is -0.129. The zero-order valence-corrected chi connectivity index (χ0v) is 10.6. The summed E-state index contributed by atoms with van der Waals surface area (Å²) in [6, 6.07) is 0. The number of aromatic nitrogens is 3. The van der Waals surface area contributed by atoms with Crippen molar-refractivity contribution in [3.05, 3.63) is 12.2 Å². The molecule has 0 atom stereocenters. The molecule has 1 aliphatic rings. The van der Waals surface area contributed by atoms with Crippen molar-refractivity contribution in [2.75, 3.05) is 13.2 Å². The first kappa shape index (κ1) is 13.0. The van der Waals surface area contributed by atoms with E-state index in [0.717, 1.165) is 12.4 Å². The van der Waals surface area contributed by atoms with Gasteiger partial charge in [-0.25, -0.2) is 0 Å². The van der Waals surface area contributed by atoms with Gasteiger partial charge in [-0.05, 0) is 19.8 Å². The minimum absolute atomic E-state index is 0.142. The number of carbonyl (C=O) groups excluding carboxylic acids is 1. The van der Waals surface area contributed by atoms with E-state index in [4.69, 9.17) is 10.5 Å². The van der Waals surface area contributed by atoms with Crippen molar-refractivity contribution in [3.8, 4) is 0 Å². The van der Waals surface area contributed by atoms with E-state index in [0.29, 0.717) is 32.6 Å². The highest BCUT2D eigenvalue weighted by Gasteiger charge is 2.35. The smallest absolute Gasteiger partial charge is 0.240 e. The van der Waals surface area contributed by atoms with E-state index in [1.165, 1.54) is 0 Å². The third-order valence-corrected chi connectivity index (χ3v) is 3.28. The second-order valence-electron chi connectivity index (χ2n) is 4.48. The monoisotopic (exact) mass is 253 g/mol. The molecule has 18 heavy (non-hydrogen) atoms. The van der Waals surface area contributed by atoms with Crippen molar-refractivity contribution >= 4 is 5.91 Å². The molecule has 0 radical (unpaired) electrons. The van der Waals surface area contributed by atoms with E-state index in [1.54, 1.807) is 6.33 Å². The number of hydrogen-bond acceptors (Lipinski definition) is 5. The minimum atomic E-state index is -0.810. The molecule has 7 heteroatoms. The first-order valence-corrected chi connectivity index (χ1v) is 6.17. The third-order valence-electron chi connectivity index (χ3n) is 3.28. The van der Waals surface area contributed by atoms with E-state index < -0.39 is 5.54 Å². The standard InChI is InChI=1S/C11H19N5O2/c1-2-16-8-14-15-9(16)7-13-10(17)11(12)3-5-18-6-4-11/h8H,2-7,12H2,1H3,(H,13,17). The van der Waals surface area contributed by atoms with E-state index in [1.807, 2.05) is 11.5 Å². The van der Waals surface area contributed by atoms with Gasteiger partial charge in [0, 0.05) is 19.8 Å². The third kappa shape index (κ3) is 2.68. The van der Waals surface area contributed by atoms with Crippen LogP contribution in [0.4, 0.5) is 0 Å². The zero-order valence-electron chi connectivity index (χ0n) is 10.6. The molecule has 0 aliphatic carbocycles. The molecule has 1 fully saturated rings. The Morgan fingerprint density at radius 1 is 1.61 bits per heavy atom. The summed E-state index contributed by atoms with van der Waals surface area (Å²) in [5, 5.41) is 10.6. The molecule has 100 valence electrons. The van der Waals surface area contributed by atoms with Crippen molar-refractivity contribution in [1.82, 2.24) is 20.1 Å². The number of ether oxygens (including phenoxy) is 1. The van der Waals surface area contributed by atoms with Gasteiger partial charge in [0.05, 0.1) is 12.1 Å². The fraction of sp³-hybridized carbons (Fsp3) is 0.727. The number of nitrogens with one attached hydrogen (secondary N) is 1. The van der Waals surface area contributed by atoms with Crippen LogP contribution < -0.4 is 11.1 Å². The summed E-state index contributed by atoms with van der Waals surface area (Å²) in [5.74, 6) is 0.595. The van der Waals surface area contributed by atoms with Crippen LogP contribution in [0.5, 0.6) is 0 Å². The summed E-state index contributed by atoms with van der Waals surface area (Å²) in [5.41, 5.74) is 5.27. The summed E-state index contributed by atoms with van der Waals surface area (Å²) in [4.78, 5) is 12.1. The van der Waals surface area contributed by atoms with Crippen molar-refractivity contribution in [2.45, 2.75) is 38.4 Å². The van der Waals surface area contributed by atoms with Crippen LogP contribution in [0, 0.1) is 0 Å². The van der Waals surface area contributed by atoms with Crippen LogP contribution in [0.2, 0.25) is 0 Å². The molecule has 0 aromatic carbocycles. The summed E-state index contributed by atoms with van der Waals surface area (Å²) < 4.78 is 7.10. The fourth-order valence-corrected chi connectivity index (χ4v) is 1.98. The lowest BCUT2D eigenvalue weighted by Gasteiger charge is -2.31. The summed E-state index contributed by atoms with van der Waals surface area (Å²) in [6.45, 7) is 4.20. The highest BCUT2D eigenvalue weighted by molar-refractivity contribution is 5.86. The van der Waals surface area contributed by atoms with Gasteiger partial charge in [-0.1, -0.05) is 0 Å². The van der Waals surface area contributed by atoms with E-state index in [-0.39, 0.29) is 5.91 Å². The highest BCUT2D eigenvalue weighted by Crippen LogP contribution is 2.17. The maximum absolute atomic E-state index is 12.1. The average Bonchev–Trinajstić information content (AvgIpc) is 2.84. The maximum atomic E-state index is 12.1.